The number of ether oxygens (including phenoxy) is 2. The number of nitrogens with zero attached hydrogens (tertiary/aromatic N) is 1. The standard InChI is InChI=1S/C21H22FNO5S/c1-27-21(6-8-28-9-7-21)15-11-16(22)13-18(12-15)29(25,26)17-3-4-19-14(10-17)2-5-20(19)23-24/h3-4,10-13,24H,2,5-9H2,1H3/b23-20+. The topological polar surface area (TPSA) is 85.2 Å². The van der Waals surface area contributed by atoms with Gasteiger partial charge in [-0.3, -0.25) is 0 Å². The van der Waals surface area contributed by atoms with E-state index in [4.69, 9.17) is 14.7 Å². The Kier molecular flexibility index (Phi) is 5.18. The first kappa shape index (κ1) is 20.0. The van der Waals surface area contributed by atoms with Gasteiger partial charge in [0.1, 0.15) is 5.82 Å². The Labute approximate surface area is 168 Å². The van der Waals surface area contributed by atoms with Gasteiger partial charge >= 0.3 is 0 Å². The van der Waals surface area contributed by atoms with Crippen LogP contribution in [0.1, 0.15) is 36.0 Å². The predicted octanol–water partition coefficient (Wildman–Crippen LogP) is 3.44. The quantitative estimate of drug-likeness (QED) is 0.606. The van der Waals surface area contributed by atoms with Crippen molar-refractivity contribution in [2.45, 2.75) is 41.1 Å². The SMILES string of the molecule is COC1(c2cc(F)cc(S(=O)(=O)c3ccc4c(c3)CC/C4=N\O)c2)CCOCC1. The van der Waals surface area contributed by atoms with Crippen LogP contribution in [-0.4, -0.2) is 39.7 Å². The van der Waals surface area contributed by atoms with Gasteiger partial charge < -0.3 is 14.7 Å². The lowest BCUT2D eigenvalue weighted by molar-refractivity contribution is -0.0950. The van der Waals surface area contributed by atoms with Crippen molar-refractivity contribution in [3.8, 4) is 0 Å². The molecule has 1 aliphatic carbocycles. The fourth-order valence-corrected chi connectivity index (χ4v) is 5.51. The Morgan fingerprint density at radius 3 is 2.55 bits per heavy atom. The van der Waals surface area contributed by atoms with E-state index in [1.165, 1.54) is 18.2 Å². The summed E-state index contributed by atoms with van der Waals surface area (Å²) in [4.78, 5) is -0.0187. The molecule has 0 spiro atoms. The summed E-state index contributed by atoms with van der Waals surface area (Å²) in [6, 6.07) is 8.56. The average Bonchev–Trinajstić information content (AvgIpc) is 3.16. The molecule has 1 saturated heterocycles. The highest BCUT2D eigenvalue weighted by Crippen LogP contribution is 2.38. The van der Waals surface area contributed by atoms with Crippen LogP contribution < -0.4 is 0 Å². The Morgan fingerprint density at radius 1 is 1.10 bits per heavy atom. The molecule has 0 radical (unpaired) electrons. The molecule has 0 unspecified atom stereocenters. The van der Waals surface area contributed by atoms with Crippen molar-refractivity contribution in [3.63, 3.8) is 0 Å². The molecule has 1 aliphatic heterocycles. The van der Waals surface area contributed by atoms with Crippen LogP contribution in [0.2, 0.25) is 0 Å². The molecule has 0 aromatic heterocycles. The van der Waals surface area contributed by atoms with Gasteiger partial charge in [-0.2, -0.15) is 0 Å². The van der Waals surface area contributed by atoms with Crippen LogP contribution in [0, 0.1) is 5.82 Å². The molecule has 154 valence electrons. The van der Waals surface area contributed by atoms with Gasteiger partial charge in [-0.25, -0.2) is 12.8 Å². The molecule has 0 bridgehead atoms. The molecule has 2 aliphatic rings. The maximum atomic E-state index is 14.5. The second-order valence-corrected chi connectivity index (χ2v) is 9.31. The molecule has 2 aromatic rings. The number of oxime groups is 1. The number of sulfone groups is 1. The minimum Gasteiger partial charge on any atom is -0.411 e. The third kappa shape index (κ3) is 3.45. The summed E-state index contributed by atoms with van der Waals surface area (Å²) in [7, 11) is -2.39. The monoisotopic (exact) mass is 419 g/mol. The second-order valence-electron chi connectivity index (χ2n) is 7.36. The number of fused-ring (bicyclic) bond motifs is 1. The summed E-state index contributed by atoms with van der Waals surface area (Å²) < 4.78 is 52.0. The highest BCUT2D eigenvalue weighted by molar-refractivity contribution is 7.91. The molecule has 29 heavy (non-hydrogen) atoms. The van der Waals surface area contributed by atoms with Crippen molar-refractivity contribution < 1.29 is 27.5 Å². The van der Waals surface area contributed by atoms with Crippen molar-refractivity contribution in [3.05, 3.63) is 58.9 Å². The Bertz CT molecular complexity index is 1070. The third-order valence-electron chi connectivity index (χ3n) is 5.85. The largest absolute Gasteiger partial charge is 0.411 e. The number of halogens is 1. The lowest BCUT2D eigenvalue weighted by atomic mass is 9.86. The van der Waals surface area contributed by atoms with Gasteiger partial charge in [0.05, 0.1) is 21.1 Å². The molecule has 0 saturated carbocycles. The normalized spacial score (nSPS) is 20.0. The van der Waals surface area contributed by atoms with Crippen LogP contribution in [0.3, 0.4) is 0 Å². The highest BCUT2D eigenvalue weighted by atomic mass is 32.2. The zero-order valence-corrected chi connectivity index (χ0v) is 16.8. The average molecular weight is 419 g/mol. The number of methoxy groups -OCH3 is 1. The summed E-state index contributed by atoms with van der Waals surface area (Å²) in [5.74, 6) is -0.625. The molecule has 0 atom stereocenters. The molecule has 1 heterocycles. The Hall–Kier alpha value is -2.29. The van der Waals surface area contributed by atoms with Crippen molar-refractivity contribution in [2.24, 2.45) is 5.16 Å². The van der Waals surface area contributed by atoms with Gasteiger partial charge in [0, 0.05) is 38.7 Å². The first-order valence-electron chi connectivity index (χ1n) is 9.43. The number of aryl methyl sites for hydroxylation is 1. The second kappa shape index (κ2) is 7.51. The zero-order valence-electron chi connectivity index (χ0n) is 16.0. The summed E-state index contributed by atoms with van der Waals surface area (Å²) in [5, 5.41) is 12.3. The lowest BCUT2D eigenvalue weighted by Crippen LogP contribution is -2.35. The molecule has 0 amide bonds. The molecule has 4 rings (SSSR count). The highest BCUT2D eigenvalue weighted by Gasteiger charge is 2.36. The predicted molar refractivity (Wildman–Crippen MR) is 104 cm³/mol. The molecule has 6 nitrogen and oxygen atoms in total. The summed E-state index contributed by atoms with van der Waals surface area (Å²) in [5.41, 5.74) is 1.81. The van der Waals surface area contributed by atoms with Crippen LogP contribution in [0.4, 0.5) is 4.39 Å². The van der Waals surface area contributed by atoms with E-state index in [1.54, 1.807) is 19.2 Å². The molecular formula is C21H22FNO5S. The minimum atomic E-state index is -3.93. The van der Waals surface area contributed by atoms with Crippen LogP contribution in [-0.2, 0) is 31.3 Å². The Morgan fingerprint density at radius 2 is 1.86 bits per heavy atom. The van der Waals surface area contributed by atoms with E-state index < -0.39 is 21.3 Å². The van der Waals surface area contributed by atoms with Crippen LogP contribution in [0.5, 0.6) is 0 Å². The fraction of sp³-hybridized carbons (Fsp3) is 0.381. The lowest BCUT2D eigenvalue weighted by Gasteiger charge is -2.36. The third-order valence-corrected chi connectivity index (χ3v) is 7.58. The number of benzene rings is 2. The summed E-state index contributed by atoms with van der Waals surface area (Å²) >= 11 is 0. The Balaban J connectivity index is 1.77. The molecule has 1 fully saturated rings. The van der Waals surface area contributed by atoms with E-state index in [0.717, 1.165) is 17.2 Å². The van der Waals surface area contributed by atoms with Crippen LogP contribution in [0.15, 0.2) is 51.3 Å². The fourth-order valence-electron chi connectivity index (χ4n) is 4.15. The van der Waals surface area contributed by atoms with Crippen molar-refractivity contribution in [1.82, 2.24) is 0 Å². The van der Waals surface area contributed by atoms with Crippen molar-refractivity contribution in [1.29, 1.82) is 0 Å². The van der Waals surface area contributed by atoms with E-state index in [-0.39, 0.29) is 9.79 Å². The van der Waals surface area contributed by atoms with E-state index in [1.807, 2.05) is 0 Å². The zero-order chi connectivity index (χ0) is 20.6. The van der Waals surface area contributed by atoms with E-state index in [2.05, 4.69) is 5.16 Å². The maximum Gasteiger partial charge on any atom is 0.206 e. The van der Waals surface area contributed by atoms with Gasteiger partial charge in [-0.15, -0.1) is 0 Å². The van der Waals surface area contributed by atoms with Crippen LogP contribution in [0.25, 0.3) is 0 Å². The first-order chi connectivity index (χ1) is 13.9. The van der Waals surface area contributed by atoms with Gasteiger partial charge in [0.15, 0.2) is 0 Å². The minimum absolute atomic E-state index is 0.0884. The number of rotatable bonds is 4. The number of hydrogen-bond acceptors (Lipinski definition) is 6. The smallest absolute Gasteiger partial charge is 0.206 e. The summed E-state index contributed by atoms with van der Waals surface area (Å²) in [6.45, 7) is 0.929. The van der Waals surface area contributed by atoms with E-state index in [9.17, 15) is 12.8 Å². The molecular weight excluding hydrogens is 397 g/mol. The van der Waals surface area contributed by atoms with Gasteiger partial charge in [0.25, 0.3) is 0 Å². The summed E-state index contributed by atoms with van der Waals surface area (Å²) in [6.07, 6.45) is 2.19. The molecule has 1 N–H and O–H groups in total. The van der Waals surface area contributed by atoms with E-state index in [0.29, 0.717) is 50.2 Å². The molecule has 2 aromatic carbocycles. The number of hydrogen-bond donors (Lipinski definition) is 1. The van der Waals surface area contributed by atoms with E-state index >= 15 is 0 Å². The van der Waals surface area contributed by atoms with Crippen LogP contribution >= 0.6 is 0 Å². The van der Waals surface area contributed by atoms with Crippen molar-refractivity contribution >= 4 is 15.5 Å². The van der Waals surface area contributed by atoms with Gasteiger partial charge in [-0.05, 0) is 54.3 Å². The van der Waals surface area contributed by atoms with Gasteiger partial charge in [-0.1, -0.05) is 11.2 Å². The molecule has 8 heteroatoms. The van der Waals surface area contributed by atoms with Gasteiger partial charge in [0.2, 0.25) is 9.84 Å². The first-order valence-corrected chi connectivity index (χ1v) is 10.9. The van der Waals surface area contributed by atoms with Crippen molar-refractivity contribution in [2.75, 3.05) is 20.3 Å². The maximum absolute atomic E-state index is 14.5.